The van der Waals surface area contributed by atoms with Gasteiger partial charge in [-0.1, -0.05) is 87.5 Å². The summed E-state index contributed by atoms with van der Waals surface area (Å²) in [4.78, 5) is 0. The SMILES string of the molecule is CCCC(CCC)C1CCC2(CC1)CCC(C(O)C1CCCC3C(C)C(CC(C)C4C(O)C4C4C(C)CC(C5CC5C)CC4(C)C)CC31)CC2. The highest BCUT2D eigenvalue weighted by atomic mass is 16.3. The van der Waals surface area contributed by atoms with Crippen molar-refractivity contribution in [3.63, 3.8) is 0 Å². The average molecular weight is 693 g/mol. The summed E-state index contributed by atoms with van der Waals surface area (Å²) in [5.41, 5.74) is 0.968. The smallest absolute Gasteiger partial charge is 0.0609 e. The normalized spacial score (nSPS) is 49.9. The van der Waals surface area contributed by atoms with Crippen LogP contribution < -0.4 is 0 Å². The Morgan fingerprint density at radius 1 is 0.740 bits per heavy atom. The Bertz CT molecular complexity index is 1090. The summed E-state index contributed by atoms with van der Waals surface area (Å²) in [6.45, 7) is 20.0. The number of hydrogen-bond acceptors (Lipinski definition) is 2. The van der Waals surface area contributed by atoms with Crippen LogP contribution in [0.3, 0.4) is 0 Å². The third-order valence-corrected chi connectivity index (χ3v) is 18.9. The lowest BCUT2D eigenvalue weighted by Crippen LogP contribution is -2.42. The molecule has 0 aromatic rings. The molecule has 7 aliphatic carbocycles. The first-order valence-corrected chi connectivity index (χ1v) is 23.2. The Morgan fingerprint density at radius 2 is 1.36 bits per heavy atom. The van der Waals surface area contributed by atoms with Gasteiger partial charge in [-0.3, -0.25) is 0 Å². The molecule has 7 rings (SSSR count). The van der Waals surface area contributed by atoms with E-state index in [0.717, 1.165) is 59.2 Å². The second kappa shape index (κ2) is 15.2. The van der Waals surface area contributed by atoms with E-state index >= 15 is 0 Å². The predicted octanol–water partition coefficient (Wildman–Crippen LogP) is 12.6. The summed E-state index contributed by atoms with van der Waals surface area (Å²) in [6, 6.07) is 0. The van der Waals surface area contributed by atoms with Crippen LogP contribution >= 0.6 is 0 Å². The minimum atomic E-state index is -0.0690. The molecule has 0 bridgehead atoms. The number of aliphatic hydroxyl groups excluding tert-OH is 2. The third-order valence-electron chi connectivity index (χ3n) is 18.9. The summed E-state index contributed by atoms with van der Waals surface area (Å²) < 4.78 is 0. The Balaban J connectivity index is 0.914. The summed E-state index contributed by atoms with van der Waals surface area (Å²) in [6.07, 6.45) is 27.7. The van der Waals surface area contributed by atoms with Crippen molar-refractivity contribution < 1.29 is 10.2 Å². The molecule has 1 spiro atoms. The van der Waals surface area contributed by atoms with Crippen LogP contribution in [-0.2, 0) is 0 Å². The van der Waals surface area contributed by atoms with E-state index in [1.54, 1.807) is 0 Å². The molecule has 0 aromatic heterocycles. The molecule has 2 nitrogen and oxygen atoms in total. The largest absolute Gasteiger partial charge is 0.393 e. The van der Waals surface area contributed by atoms with Crippen LogP contribution in [0.4, 0.5) is 0 Å². The summed E-state index contributed by atoms with van der Waals surface area (Å²) in [5, 5.41) is 23.7. The van der Waals surface area contributed by atoms with Gasteiger partial charge in [0.1, 0.15) is 0 Å². The molecule has 7 saturated carbocycles. The van der Waals surface area contributed by atoms with Crippen molar-refractivity contribution in [2.24, 2.45) is 106 Å². The van der Waals surface area contributed by atoms with Crippen molar-refractivity contribution in [2.75, 3.05) is 0 Å². The van der Waals surface area contributed by atoms with E-state index in [4.69, 9.17) is 0 Å². The molecular formula is C48H84O2. The average Bonchev–Trinajstić information content (AvgIpc) is 3.95. The fourth-order valence-electron chi connectivity index (χ4n) is 16.2. The zero-order valence-electron chi connectivity index (χ0n) is 34.4. The Kier molecular flexibility index (Phi) is 11.6. The Morgan fingerprint density at radius 3 is 1.94 bits per heavy atom. The quantitative estimate of drug-likeness (QED) is 0.214. The van der Waals surface area contributed by atoms with Crippen molar-refractivity contribution in [3.05, 3.63) is 0 Å². The van der Waals surface area contributed by atoms with Crippen molar-refractivity contribution in [2.45, 2.75) is 196 Å². The summed E-state index contributed by atoms with van der Waals surface area (Å²) >= 11 is 0. The minimum absolute atomic E-state index is 0.0644. The van der Waals surface area contributed by atoms with Gasteiger partial charge in [-0.25, -0.2) is 0 Å². The maximum Gasteiger partial charge on any atom is 0.0609 e. The van der Waals surface area contributed by atoms with Gasteiger partial charge in [0.05, 0.1) is 12.2 Å². The van der Waals surface area contributed by atoms with Gasteiger partial charge in [-0.05, 0) is 202 Å². The molecule has 50 heavy (non-hydrogen) atoms. The molecule has 7 fully saturated rings. The zero-order valence-corrected chi connectivity index (χ0v) is 34.4. The summed E-state index contributed by atoms with van der Waals surface area (Å²) in [5.74, 6) is 12.2. The Labute approximate surface area is 310 Å². The highest BCUT2D eigenvalue weighted by molar-refractivity contribution is 5.11. The molecule has 0 heterocycles. The second-order valence-electron chi connectivity index (χ2n) is 22.2. The van der Waals surface area contributed by atoms with Crippen LogP contribution in [0.25, 0.3) is 0 Å². The van der Waals surface area contributed by atoms with E-state index in [9.17, 15) is 10.2 Å². The van der Waals surface area contributed by atoms with Gasteiger partial charge in [-0.15, -0.1) is 0 Å². The number of fused-ring (bicyclic) bond motifs is 1. The van der Waals surface area contributed by atoms with E-state index in [2.05, 4.69) is 55.4 Å². The van der Waals surface area contributed by atoms with Crippen molar-refractivity contribution in [1.82, 2.24) is 0 Å². The third kappa shape index (κ3) is 7.46. The summed E-state index contributed by atoms with van der Waals surface area (Å²) in [7, 11) is 0. The van der Waals surface area contributed by atoms with E-state index < -0.39 is 0 Å². The first-order valence-electron chi connectivity index (χ1n) is 23.2. The first-order chi connectivity index (χ1) is 23.9. The van der Waals surface area contributed by atoms with Crippen molar-refractivity contribution >= 4 is 0 Å². The highest BCUT2D eigenvalue weighted by Crippen LogP contribution is 2.65. The van der Waals surface area contributed by atoms with Crippen LogP contribution in [0.15, 0.2) is 0 Å². The van der Waals surface area contributed by atoms with Crippen molar-refractivity contribution in [3.8, 4) is 0 Å². The van der Waals surface area contributed by atoms with Gasteiger partial charge < -0.3 is 10.2 Å². The second-order valence-corrected chi connectivity index (χ2v) is 22.2. The van der Waals surface area contributed by atoms with E-state index in [0.29, 0.717) is 46.3 Å². The maximum atomic E-state index is 12.1. The molecule has 0 amide bonds. The number of rotatable bonds is 12. The van der Waals surface area contributed by atoms with Crippen LogP contribution in [-0.4, -0.2) is 22.4 Å². The monoisotopic (exact) mass is 693 g/mol. The first kappa shape index (κ1) is 38.2. The number of aliphatic hydroxyl groups is 2. The molecular weight excluding hydrogens is 609 g/mol. The molecule has 15 atom stereocenters. The van der Waals surface area contributed by atoms with Gasteiger partial charge in [0.15, 0.2) is 0 Å². The predicted molar refractivity (Wildman–Crippen MR) is 210 cm³/mol. The van der Waals surface area contributed by atoms with E-state index in [-0.39, 0.29) is 12.2 Å². The molecule has 0 radical (unpaired) electrons. The molecule has 2 N–H and O–H groups in total. The molecule has 0 saturated heterocycles. The van der Waals surface area contributed by atoms with Gasteiger partial charge in [-0.2, -0.15) is 0 Å². The van der Waals surface area contributed by atoms with Gasteiger partial charge in [0, 0.05) is 0 Å². The van der Waals surface area contributed by atoms with Crippen LogP contribution in [0, 0.1) is 106 Å². The van der Waals surface area contributed by atoms with E-state index in [1.165, 1.54) is 128 Å². The lowest BCUT2D eigenvalue weighted by atomic mass is 9.57. The minimum Gasteiger partial charge on any atom is -0.393 e. The standard InChI is InChI=1S/C48H84O2/c1-9-12-33(13-10-2)34-16-20-48(21-17-34)22-18-35(19-23-48)45(49)39-15-11-14-38-32(6)36(27-41(38)39)24-30(4)42-43(46(42)50)44-31(5)25-37(28-47(44,7)8)40-26-29(40)3/h29-46,49-50H,9-28H2,1-8H3. The topological polar surface area (TPSA) is 40.5 Å². The molecule has 15 unspecified atom stereocenters. The molecule has 7 aliphatic rings. The van der Waals surface area contributed by atoms with Gasteiger partial charge >= 0.3 is 0 Å². The van der Waals surface area contributed by atoms with Crippen LogP contribution in [0.2, 0.25) is 0 Å². The fourth-order valence-corrected chi connectivity index (χ4v) is 16.2. The van der Waals surface area contributed by atoms with Crippen LogP contribution in [0.5, 0.6) is 0 Å². The van der Waals surface area contributed by atoms with Crippen molar-refractivity contribution in [1.29, 1.82) is 0 Å². The van der Waals surface area contributed by atoms with Gasteiger partial charge in [0.25, 0.3) is 0 Å². The highest BCUT2D eigenvalue weighted by Gasteiger charge is 2.62. The van der Waals surface area contributed by atoms with Gasteiger partial charge in [0.2, 0.25) is 0 Å². The maximum absolute atomic E-state index is 12.1. The lowest BCUT2D eigenvalue weighted by Gasteiger charge is -2.48. The van der Waals surface area contributed by atoms with E-state index in [1.807, 2.05) is 0 Å². The molecule has 288 valence electrons. The zero-order chi connectivity index (χ0) is 35.5. The fraction of sp³-hybridized carbons (Fsp3) is 1.00. The van der Waals surface area contributed by atoms with Crippen LogP contribution in [0.1, 0.15) is 184 Å². The Hall–Kier alpha value is -0.0800. The molecule has 0 aliphatic heterocycles. The number of hydrogen-bond donors (Lipinski definition) is 2. The molecule has 0 aromatic carbocycles. The lowest BCUT2D eigenvalue weighted by molar-refractivity contribution is -0.0420. The molecule has 2 heteroatoms.